The lowest BCUT2D eigenvalue weighted by molar-refractivity contribution is 0.0972. The van der Waals surface area contributed by atoms with E-state index in [9.17, 15) is 0 Å². The third-order valence-electron chi connectivity index (χ3n) is 4.15. The van der Waals surface area contributed by atoms with Gasteiger partial charge in [0.05, 0.1) is 7.11 Å². The molecule has 4 heteroatoms. The van der Waals surface area contributed by atoms with Crippen molar-refractivity contribution in [1.29, 1.82) is 0 Å². The molecule has 1 heterocycles. The summed E-state index contributed by atoms with van der Waals surface area (Å²) in [6, 6.07) is 6.56. The second-order valence-corrected chi connectivity index (χ2v) is 5.56. The lowest BCUT2D eigenvalue weighted by atomic mass is 9.93. The molecule has 0 aliphatic carbocycles. The maximum absolute atomic E-state index is 6.51. The van der Waals surface area contributed by atoms with Gasteiger partial charge in [-0.1, -0.05) is 6.07 Å². The summed E-state index contributed by atoms with van der Waals surface area (Å²) in [7, 11) is 6.02. The minimum absolute atomic E-state index is 0.0404. The third-order valence-corrected chi connectivity index (χ3v) is 4.15. The van der Waals surface area contributed by atoms with Crippen LogP contribution in [0.2, 0.25) is 0 Å². The lowest BCUT2D eigenvalue weighted by Crippen LogP contribution is -2.54. The summed E-state index contributed by atoms with van der Waals surface area (Å²) in [6.07, 6.45) is 0. The van der Waals surface area contributed by atoms with Crippen molar-refractivity contribution < 1.29 is 4.74 Å². The average molecular weight is 263 g/mol. The minimum atomic E-state index is 0.0404. The average Bonchev–Trinajstić information content (AvgIpc) is 2.40. The van der Waals surface area contributed by atoms with Crippen LogP contribution in [0.3, 0.4) is 0 Å². The van der Waals surface area contributed by atoms with Gasteiger partial charge in [0.15, 0.2) is 0 Å². The van der Waals surface area contributed by atoms with Gasteiger partial charge in [0, 0.05) is 31.7 Å². The summed E-state index contributed by atoms with van der Waals surface area (Å²) < 4.78 is 5.25. The highest BCUT2D eigenvalue weighted by Crippen LogP contribution is 2.26. The number of benzene rings is 1. The Hall–Kier alpha value is -1.10. The van der Waals surface area contributed by atoms with Crippen LogP contribution in [-0.2, 0) is 0 Å². The van der Waals surface area contributed by atoms with Gasteiger partial charge >= 0.3 is 0 Å². The first kappa shape index (κ1) is 14.3. The van der Waals surface area contributed by atoms with Gasteiger partial charge in [0.2, 0.25) is 0 Å². The Kier molecular flexibility index (Phi) is 4.45. The van der Waals surface area contributed by atoms with Crippen LogP contribution in [0.1, 0.15) is 17.2 Å². The molecule has 2 unspecified atom stereocenters. The number of nitrogens with zero attached hydrogens (tertiary/aromatic N) is 2. The Bertz CT molecular complexity index is 435. The molecule has 1 saturated heterocycles. The van der Waals surface area contributed by atoms with E-state index in [1.807, 2.05) is 6.07 Å². The van der Waals surface area contributed by atoms with Gasteiger partial charge in [-0.05, 0) is 44.3 Å². The fraction of sp³-hybridized carbons (Fsp3) is 0.600. The smallest absolute Gasteiger partial charge is 0.119 e. The molecular formula is C15H25N3O. The van der Waals surface area contributed by atoms with Crippen LogP contribution >= 0.6 is 0 Å². The van der Waals surface area contributed by atoms with Crippen molar-refractivity contribution in [3.05, 3.63) is 29.3 Å². The zero-order chi connectivity index (χ0) is 14.0. The maximum Gasteiger partial charge on any atom is 0.119 e. The first-order valence-electron chi connectivity index (χ1n) is 6.82. The second-order valence-electron chi connectivity index (χ2n) is 5.56. The number of rotatable bonds is 3. The summed E-state index contributed by atoms with van der Waals surface area (Å²) in [5.74, 6) is 0.891. The Morgan fingerprint density at radius 1 is 1.32 bits per heavy atom. The van der Waals surface area contributed by atoms with E-state index in [1.165, 1.54) is 11.1 Å². The topological polar surface area (TPSA) is 41.7 Å². The fourth-order valence-electron chi connectivity index (χ4n) is 2.79. The van der Waals surface area contributed by atoms with E-state index in [0.717, 1.165) is 25.4 Å². The SMILES string of the molecule is COc1ccc(C(N)C2CN(C)CCN2C)c(C)c1. The van der Waals surface area contributed by atoms with Crippen molar-refractivity contribution in [1.82, 2.24) is 9.80 Å². The van der Waals surface area contributed by atoms with Crippen LogP contribution in [0.5, 0.6) is 5.75 Å². The van der Waals surface area contributed by atoms with Crippen LogP contribution in [0.15, 0.2) is 18.2 Å². The molecule has 2 atom stereocenters. The second kappa shape index (κ2) is 5.90. The van der Waals surface area contributed by atoms with Crippen LogP contribution < -0.4 is 10.5 Å². The highest BCUT2D eigenvalue weighted by atomic mass is 16.5. The number of hydrogen-bond acceptors (Lipinski definition) is 4. The summed E-state index contributed by atoms with van der Waals surface area (Å²) in [5.41, 5.74) is 8.92. The van der Waals surface area contributed by atoms with Gasteiger partial charge in [-0.15, -0.1) is 0 Å². The highest BCUT2D eigenvalue weighted by molar-refractivity contribution is 5.37. The predicted molar refractivity (Wildman–Crippen MR) is 78.6 cm³/mol. The molecule has 0 amide bonds. The normalized spacial score (nSPS) is 23.3. The Morgan fingerprint density at radius 3 is 2.68 bits per heavy atom. The molecular weight excluding hydrogens is 238 g/mol. The number of ether oxygens (including phenoxy) is 1. The van der Waals surface area contributed by atoms with Crippen LogP contribution in [0, 0.1) is 6.92 Å². The van der Waals surface area contributed by atoms with Crippen molar-refractivity contribution in [2.24, 2.45) is 5.73 Å². The van der Waals surface area contributed by atoms with Gasteiger partial charge in [-0.2, -0.15) is 0 Å². The summed E-state index contributed by atoms with van der Waals surface area (Å²) in [4.78, 5) is 4.72. The number of piperazine rings is 1. The van der Waals surface area contributed by atoms with Gasteiger partial charge in [0.25, 0.3) is 0 Å². The summed E-state index contributed by atoms with van der Waals surface area (Å²) in [6.45, 7) is 5.30. The van der Waals surface area contributed by atoms with Crippen molar-refractivity contribution >= 4 is 0 Å². The number of nitrogens with two attached hydrogens (primary N) is 1. The molecule has 0 aromatic heterocycles. The van der Waals surface area contributed by atoms with Crippen LogP contribution in [0.25, 0.3) is 0 Å². The predicted octanol–water partition coefficient (Wildman–Crippen LogP) is 1.25. The molecule has 106 valence electrons. The number of likely N-dealkylation sites (N-methyl/N-ethyl adjacent to an activating group) is 2. The van der Waals surface area contributed by atoms with Crippen molar-refractivity contribution in [3.63, 3.8) is 0 Å². The molecule has 1 aliphatic heterocycles. The van der Waals surface area contributed by atoms with Gasteiger partial charge in [0.1, 0.15) is 5.75 Å². The van der Waals surface area contributed by atoms with E-state index in [-0.39, 0.29) is 6.04 Å². The van der Waals surface area contributed by atoms with Crippen molar-refractivity contribution in [2.45, 2.75) is 19.0 Å². The maximum atomic E-state index is 6.51. The zero-order valence-electron chi connectivity index (χ0n) is 12.4. The van der Waals surface area contributed by atoms with E-state index in [1.54, 1.807) is 7.11 Å². The molecule has 1 aromatic carbocycles. The molecule has 1 fully saturated rings. The monoisotopic (exact) mass is 263 g/mol. The molecule has 4 nitrogen and oxygen atoms in total. The largest absolute Gasteiger partial charge is 0.497 e. The molecule has 0 bridgehead atoms. The van der Waals surface area contributed by atoms with Crippen LogP contribution in [-0.4, -0.2) is 56.7 Å². The van der Waals surface area contributed by atoms with E-state index in [2.05, 4.69) is 43.0 Å². The van der Waals surface area contributed by atoms with Gasteiger partial charge in [-0.25, -0.2) is 0 Å². The van der Waals surface area contributed by atoms with E-state index >= 15 is 0 Å². The quantitative estimate of drug-likeness (QED) is 0.891. The molecule has 1 aromatic rings. The Labute approximate surface area is 116 Å². The molecule has 2 rings (SSSR count). The van der Waals surface area contributed by atoms with Crippen molar-refractivity contribution in [3.8, 4) is 5.75 Å². The first-order valence-corrected chi connectivity index (χ1v) is 6.82. The zero-order valence-corrected chi connectivity index (χ0v) is 12.4. The Morgan fingerprint density at radius 2 is 2.05 bits per heavy atom. The van der Waals surface area contributed by atoms with Crippen molar-refractivity contribution in [2.75, 3.05) is 40.8 Å². The lowest BCUT2D eigenvalue weighted by Gasteiger charge is -2.41. The molecule has 1 aliphatic rings. The van der Waals surface area contributed by atoms with E-state index < -0.39 is 0 Å². The number of aryl methyl sites for hydroxylation is 1. The van der Waals surface area contributed by atoms with Gasteiger partial charge in [-0.3, -0.25) is 4.90 Å². The first-order chi connectivity index (χ1) is 9.02. The minimum Gasteiger partial charge on any atom is -0.497 e. The molecule has 0 spiro atoms. The molecule has 19 heavy (non-hydrogen) atoms. The fourth-order valence-corrected chi connectivity index (χ4v) is 2.79. The standard InChI is InChI=1S/C15H25N3O/c1-11-9-12(19-4)5-6-13(11)15(16)14-10-17(2)7-8-18(14)3/h5-6,9,14-15H,7-8,10,16H2,1-4H3. The third kappa shape index (κ3) is 3.08. The molecule has 0 saturated carbocycles. The van der Waals surface area contributed by atoms with Gasteiger partial charge < -0.3 is 15.4 Å². The van der Waals surface area contributed by atoms with Crippen LogP contribution in [0.4, 0.5) is 0 Å². The Balaban J connectivity index is 2.20. The summed E-state index contributed by atoms with van der Waals surface area (Å²) >= 11 is 0. The molecule has 0 radical (unpaired) electrons. The molecule has 2 N–H and O–H groups in total. The number of methoxy groups -OCH3 is 1. The summed E-state index contributed by atoms with van der Waals surface area (Å²) in [5, 5.41) is 0. The number of hydrogen-bond donors (Lipinski definition) is 1. The highest BCUT2D eigenvalue weighted by Gasteiger charge is 2.29. The van der Waals surface area contributed by atoms with E-state index in [4.69, 9.17) is 10.5 Å². The van der Waals surface area contributed by atoms with E-state index in [0.29, 0.717) is 6.04 Å².